The molecule has 0 spiro atoms. The van der Waals surface area contributed by atoms with Crippen LogP contribution in [0.3, 0.4) is 0 Å². The van der Waals surface area contributed by atoms with Crippen molar-refractivity contribution < 1.29 is 13.3 Å². The summed E-state index contributed by atoms with van der Waals surface area (Å²) in [4.78, 5) is 0. The maximum absolute atomic E-state index is 15.1. The Kier molecular flexibility index (Phi) is 6.60. The van der Waals surface area contributed by atoms with Gasteiger partial charge in [-0.15, -0.1) is 0 Å². The molecule has 0 aliphatic heterocycles. The molecular weight excluding hydrogens is 361 g/mol. The van der Waals surface area contributed by atoms with Gasteiger partial charge in [0.1, 0.15) is 5.75 Å². The molecule has 0 aliphatic carbocycles. The molecule has 0 saturated carbocycles. The topological polar surface area (TPSA) is 38.3 Å². The van der Waals surface area contributed by atoms with E-state index >= 15 is 4.39 Å². The minimum atomic E-state index is -1.32. The summed E-state index contributed by atoms with van der Waals surface area (Å²) < 4.78 is 35.6. The van der Waals surface area contributed by atoms with Gasteiger partial charge in [-0.2, -0.15) is 0 Å². The Morgan fingerprint density at radius 2 is 1.84 bits per heavy atom. The van der Waals surface area contributed by atoms with Gasteiger partial charge in [-0.3, -0.25) is 0 Å². The molecule has 25 heavy (non-hydrogen) atoms. The quantitative estimate of drug-likeness (QED) is 0.687. The smallest absolute Gasteiger partial charge is 0.181 e. The Hall–Kier alpha value is -1.43. The van der Waals surface area contributed by atoms with Crippen molar-refractivity contribution in [2.45, 2.75) is 44.9 Å². The van der Waals surface area contributed by atoms with E-state index in [2.05, 4.69) is 4.72 Å². The Balaban J connectivity index is 2.35. The van der Waals surface area contributed by atoms with E-state index < -0.39 is 27.6 Å². The summed E-state index contributed by atoms with van der Waals surface area (Å²) in [6, 6.07) is 11.7. The molecule has 0 radical (unpaired) electrons. The minimum absolute atomic E-state index is 0.0212. The van der Waals surface area contributed by atoms with Crippen LogP contribution in [0, 0.1) is 5.82 Å². The molecule has 6 heteroatoms. The molecule has 0 aromatic heterocycles. The average molecular weight is 384 g/mol. The molecule has 0 amide bonds. The van der Waals surface area contributed by atoms with Crippen LogP contribution in [0.15, 0.2) is 42.5 Å². The van der Waals surface area contributed by atoms with Gasteiger partial charge >= 0.3 is 0 Å². The molecule has 1 N–H and O–H groups in total. The number of ether oxygens (including phenoxy) is 1. The monoisotopic (exact) mass is 383 g/mol. The summed E-state index contributed by atoms with van der Waals surface area (Å²) in [5.74, 6) is -0.0616. The summed E-state index contributed by atoms with van der Waals surface area (Å²) in [6.07, 6.45) is 0.575. The maximum Gasteiger partial charge on any atom is 0.181 e. The second-order valence-electron chi connectivity index (χ2n) is 6.65. The van der Waals surface area contributed by atoms with Gasteiger partial charge in [0, 0.05) is 11.6 Å². The SMILES string of the molecule is CC[C@@H](N[S@](=O)C(C)(C)C)c1ccc(Cl)c(Oc2ccccc2)c1F. The lowest BCUT2D eigenvalue weighted by molar-refractivity contribution is 0.432. The van der Waals surface area contributed by atoms with Crippen LogP contribution in [-0.2, 0) is 11.0 Å². The van der Waals surface area contributed by atoms with Crippen molar-refractivity contribution in [1.29, 1.82) is 0 Å². The molecule has 0 aliphatic rings. The Labute approximate surface area is 156 Å². The number of halogens is 2. The zero-order valence-electron chi connectivity index (χ0n) is 14.8. The number of hydrogen-bond acceptors (Lipinski definition) is 2. The van der Waals surface area contributed by atoms with Gasteiger partial charge in [0.2, 0.25) is 0 Å². The van der Waals surface area contributed by atoms with Crippen molar-refractivity contribution in [2.24, 2.45) is 0 Å². The van der Waals surface area contributed by atoms with Crippen molar-refractivity contribution in [2.75, 3.05) is 0 Å². The van der Waals surface area contributed by atoms with Crippen LogP contribution in [0.25, 0.3) is 0 Å². The van der Waals surface area contributed by atoms with Crippen molar-refractivity contribution >= 4 is 22.6 Å². The van der Waals surface area contributed by atoms with Gasteiger partial charge in [0.15, 0.2) is 11.6 Å². The molecule has 0 bridgehead atoms. The highest BCUT2D eigenvalue weighted by Crippen LogP contribution is 2.36. The average Bonchev–Trinajstić information content (AvgIpc) is 2.57. The molecule has 0 heterocycles. The summed E-state index contributed by atoms with van der Waals surface area (Å²) in [5.41, 5.74) is 0.385. The fourth-order valence-corrected chi connectivity index (χ4v) is 3.28. The third-order valence-electron chi connectivity index (χ3n) is 3.63. The van der Waals surface area contributed by atoms with Crippen molar-refractivity contribution in [3.63, 3.8) is 0 Å². The van der Waals surface area contributed by atoms with Gasteiger partial charge in [0.05, 0.1) is 20.8 Å². The second-order valence-corrected chi connectivity index (χ2v) is 9.06. The first-order chi connectivity index (χ1) is 11.7. The van der Waals surface area contributed by atoms with E-state index in [1.54, 1.807) is 36.4 Å². The largest absolute Gasteiger partial charge is 0.453 e. The van der Waals surface area contributed by atoms with E-state index in [9.17, 15) is 4.21 Å². The third kappa shape index (κ3) is 5.03. The fraction of sp³-hybridized carbons (Fsp3) is 0.368. The summed E-state index contributed by atoms with van der Waals surface area (Å²) in [6.45, 7) is 7.50. The molecule has 0 unspecified atom stereocenters. The van der Waals surface area contributed by atoms with Gasteiger partial charge in [-0.05, 0) is 45.4 Å². The molecule has 0 fully saturated rings. The van der Waals surface area contributed by atoms with Crippen LogP contribution < -0.4 is 9.46 Å². The molecule has 136 valence electrons. The summed E-state index contributed by atoms with van der Waals surface area (Å²) in [5, 5.41) is 0.192. The van der Waals surface area contributed by atoms with Crippen LogP contribution in [0.1, 0.15) is 45.7 Å². The number of nitrogens with one attached hydrogen (secondary N) is 1. The minimum Gasteiger partial charge on any atom is -0.453 e. The van der Waals surface area contributed by atoms with E-state index in [0.29, 0.717) is 17.7 Å². The molecule has 2 aromatic rings. The zero-order valence-corrected chi connectivity index (χ0v) is 16.4. The lowest BCUT2D eigenvalue weighted by atomic mass is 10.0. The standard InChI is InChI=1S/C19H23ClFNO2S/c1-5-16(22-25(23)19(2,3)4)14-11-12-15(20)18(17(14)21)24-13-9-7-6-8-10-13/h6-12,16,22H,5H2,1-4H3/t16-,25-/m1/s1. The lowest BCUT2D eigenvalue weighted by Gasteiger charge is -2.24. The van der Waals surface area contributed by atoms with Gasteiger partial charge in [0.25, 0.3) is 0 Å². The lowest BCUT2D eigenvalue weighted by Crippen LogP contribution is -2.35. The van der Waals surface area contributed by atoms with Crippen LogP contribution in [0.4, 0.5) is 4.39 Å². The molecule has 2 atom stereocenters. The molecular formula is C19H23ClFNO2S. The number of para-hydroxylation sites is 1. The zero-order chi connectivity index (χ0) is 18.6. The predicted molar refractivity (Wildman–Crippen MR) is 102 cm³/mol. The van der Waals surface area contributed by atoms with E-state index in [1.807, 2.05) is 33.8 Å². The van der Waals surface area contributed by atoms with Crippen LogP contribution in [0.2, 0.25) is 5.02 Å². The van der Waals surface area contributed by atoms with Crippen molar-refractivity contribution in [3.8, 4) is 11.5 Å². The van der Waals surface area contributed by atoms with E-state index in [1.165, 1.54) is 0 Å². The van der Waals surface area contributed by atoms with Crippen LogP contribution in [-0.4, -0.2) is 8.96 Å². The number of rotatable bonds is 6. The van der Waals surface area contributed by atoms with Crippen LogP contribution >= 0.6 is 11.6 Å². The summed E-state index contributed by atoms with van der Waals surface area (Å²) in [7, 11) is -1.32. The Morgan fingerprint density at radius 3 is 2.40 bits per heavy atom. The molecule has 2 rings (SSSR count). The third-order valence-corrected chi connectivity index (χ3v) is 5.54. The van der Waals surface area contributed by atoms with Gasteiger partial charge < -0.3 is 4.74 Å². The molecule has 2 aromatic carbocycles. The second kappa shape index (κ2) is 8.30. The predicted octanol–water partition coefficient (Wildman–Crippen LogP) is 5.77. The Bertz CT molecular complexity index is 747. The maximum atomic E-state index is 15.1. The first-order valence-electron chi connectivity index (χ1n) is 8.13. The number of hydrogen-bond donors (Lipinski definition) is 1. The highest BCUT2D eigenvalue weighted by Gasteiger charge is 2.26. The van der Waals surface area contributed by atoms with Crippen LogP contribution in [0.5, 0.6) is 11.5 Å². The number of benzene rings is 2. The van der Waals surface area contributed by atoms with Gasteiger partial charge in [-0.25, -0.2) is 13.3 Å². The van der Waals surface area contributed by atoms with E-state index in [4.69, 9.17) is 16.3 Å². The molecule has 3 nitrogen and oxygen atoms in total. The van der Waals surface area contributed by atoms with Crippen molar-refractivity contribution in [3.05, 3.63) is 58.9 Å². The normalized spacial score (nSPS) is 14.2. The first-order valence-corrected chi connectivity index (χ1v) is 9.65. The Morgan fingerprint density at radius 1 is 1.20 bits per heavy atom. The fourth-order valence-electron chi connectivity index (χ4n) is 2.19. The van der Waals surface area contributed by atoms with E-state index in [0.717, 1.165) is 0 Å². The highest BCUT2D eigenvalue weighted by atomic mass is 35.5. The van der Waals surface area contributed by atoms with E-state index in [-0.39, 0.29) is 10.8 Å². The first kappa shape index (κ1) is 19.9. The summed E-state index contributed by atoms with van der Waals surface area (Å²) >= 11 is 6.13. The highest BCUT2D eigenvalue weighted by molar-refractivity contribution is 7.84. The molecule has 0 saturated heterocycles. The van der Waals surface area contributed by atoms with Gasteiger partial charge in [-0.1, -0.05) is 42.8 Å². The van der Waals surface area contributed by atoms with Crippen molar-refractivity contribution in [1.82, 2.24) is 4.72 Å².